The summed E-state index contributed by atoms with van der Waals surface area (Å²) in [5.74, 6) is -0.157. The highest BCUT2D eigenvalue weighted by Crippen LogP contribution is 2.21. The molecule has 0 saturated heterocycles. The molecule has 0 heterocycles. The van der Waals surface area contributed by atoms with E-state index in [4.69, 9.17) is 10.5 Å². The first kappa shape index (κ1) is 9.29. The van der Waals surface area contributed by atoms with Crippen LogP contribution in [0, 0.1) is 22.7 Å². The Bertz CT molecular complexity index is 368. The van der Waals surface area contributed by atoms with Gasteiger partial charge in [0.2, 0.25) is 0 Å². The Morgan fingerprint density at radius 2 is 2.00 bits per heavy atom. The Hall–Kier alpha value is -1.80. The highest BCUT2D eigenvalue weighted by molar-refractivity contribution is 5.41. The summed E-state index contributed by atoms with van der Waals surface area (Å²) < 4.78 is 0. The maximum atomic E-state index is 8.84. The van der Waals surface area contributed by atoms with Crippen molar-refractivity contribution >= 4 is 0 Å². The Kier molecular flexibility index (Phi) is 3.06. The van der Waals surface area contributed by atoms with E-state index in [1.165, 1.54) is 0 Å². The molecule has 13 heavy (non-hydrogen) atoms. The van der Waals surface area contributed by atoms with Gasteiger partial charge in [-0.2, -0.15) is 10.5 Å². The largest absolute Gasteiger partial charge is 0.198 e. The molecule has 0 radical (unpaired) electrons. The molecule has 1 aromatic rings. The van der Waals surface area contributed by atoms with Crippen molar-refractivity contribution in [1.29, 1.82) is 10.5 Å². The van der Waals surface area contributed by atoms with Gasteiger partial charge in [-0.3, -0.25) is 0 Å². The SMILES string of the molecule is CCC(C#N)c1ccccc1C#N. The monoisotopic (exact) mass is 170 g/mol. The predicted molar refractivity (Wildman–Crippen MR) is 49.8 cm³/mol. The van der Waals surface area contributed by atoms with Crippen LogP contribution in [0.15, 0.2) is 24.3 Å². The van der Waals surface area contributed by atoms with Crippen LogP contribution >= 0.6 is 0 Å². The van der Waals surface area contributed by atoms with Crippen molar-refractivity contribution < 1.29 is 0 Å². The average Bonchev–Trinajstić information content (AvgIpc) is 2.20. The molecule has 0 fully saturated rings. The lowest BCUT2D eigenvalue weighted by Crippen LogP contribution is -1.96. The molecular weight excluding hydrogens is 160 g/mol. The van der Waals surface area contributed by atoms with Gasteiger partial charge in [0, 0.05) is 0 Å². The molecule has 64 valence electrons. The van der Waals surface area contributed by atoms with Crippen LogP contribution in [0.3, 0.4) is 0 Å². The van der Waals surface area contributed by atoms with Crippen LogP contribution in [0.5, 0.6) is 0 Å². The van der Waals surface area contributed by atoms with Crippen LogP contribution in [0.1, 0.15) is 30.4 Å². The van der Waals surface area contributed by atoms with Crippen LogP contribution in [-0.4, -0.2) is 0 Å². The van der Waals surface area contributed by atoms with E-state index in [0.29, 0.717) is 5.56 Å². The lowest BCUT2D eigenvalue weighted by molar-refractivity contribution is 0.815. The fourth-order valence-electron chi connectivity index (χ4n) is 1.28. The Balaban J connectivity index is 3.15. The van der Waals surface area contributed by atoms with E-state index < -0.39 is 0 Å². The van der Waals surface area contributed by atoms with Gasteiger partial charge in [0.15, 0.2) is 0 Å². The highest BCUT2D eigenvalue weighted by Gasteiger charge is 2.11. The minimum Gasteiger partial charge on any atom is -0.198 e. The molecule has 0 N–H and O–H groups in total. The molecular formula is C11H10N2. The molecule has 0 aliphatic rings. The summed E-state index contributed by atoms with van der Waals surface area (Å²) in [6.45, 7) is 1.95. The van der Waals surface area contributed by atoms with Crippen molar-refractivity contribution in [2.75, 3.05) is 0 Å². The molecule has 0 aromatic heterocycles. The summed E-state index contributed by atoms with van der Waals surface area (Å²) >= 11 is 0. The minimum absolute atomic E-state index is 0.157. The zero-order valence-electron chi connectivity index (χ0n) is 7.49. The molecule has 0 bridgehead atoms. The van der Waals surface area contributed by atoms with Crippen molar-refractivity contribution in [3.8, 4) is 12.1 Å². The second-order valence-electron chi connectivity index (χ2n) is 2.79. The normalized spacial score (nSPS) is 11.3. The van der Waals surface area contributed by atoms with Crippen molar-refractivity contribution in [3.05, 3.63) is 35.4 Å². The van der Waals surface area contributed by atoms with Crippen LogP contribution < -0.4 is 0 Å². The highest BCUT2D eigenvalue weighted by atomic mass is 14.3. The summed E-state index contributed by atoms with van der Waals surface area (Å²) in [6, 6.07) is 11.5. The number of nitrogens with zero attached hydrogens (tertiary/aromatic N) is 2. The molecule has 0 spiro atoms. The van der Waals surface area contributed by atoms with E-state index in [9.17, 15) is 0 Å². The van der Waals surface area contributed by atoms with Gasteiger partial charge < -0.3 is 0 Å². The van der Waals surface area contributed by atoms with Crippen molar-refractivity contribution in [3.63, 3.8) is 0 Å². The Labute approximate surface area is 78.0 Å². The van der Waals surface area contributed by atoms with Gasteiger partial charge in [-0.15, -0.1) is 0 Å². The zero-order valence-corrected chi connectivity index (χ0v) is 7.49. The van der Waals surface area contributed by atoms with Gasteiger partial charge in [0.1, 0.15) is 0 Å². The third-order valence-corrected chi connectivity index (χ3v) is 2.02. The molecule has 0 aliphatic heterocycles. The maximum absolute atomic E-state index is 8.84. The smallest absolute Gasteiger partial charge is 0.0995 e. The minimum atomic E-state index is -0.157. The van der Waals surface area contributed by atoms with Crippen LogP contribution in [0.2, 0.25) is 0 Å². The molecule has 0 saturated carbocycles. The second kappa shape index (κ2) is 4.28. The maximum Gasteiger partial charge on any atom is 0.0995 e. The zero-order chi connectivity index (χ0) is 9.68. The Morgan fingerprint density at radius 1 is 1.31 bits per heavy atom. The molecule has 1 atom stereocenters. The first-order chi connectivity index (χ1) is 6.33. The lowest BCUT2D eigenvalue weighted by atomic mass is 9.94. The van der Waals surface area contributed by atoms with Crippen LogP contribution in [0.4, 0.5) is 0 Å². The second-order valence-corrected chi connectivity index (χ2v) is 2.79. The summed E-state index contributed by atoms with van der Waals surface area (Å²) in [6.07, 6.45) is 0.745. The number of rotatable bonds is 2. The van der Waals surface area contributed by atoms with E-state index in [0.717, 1.165) is 12.0 Å². The Morgan fingerprint density at radius 3 is 2.54 bits per heavy atom. The van der Waals surface area contributed by atoms with Gasteiger partial charge in [0.25, 0.3) is 0 Å². The molecule has 2 heteroatoms. The molecule has 0 aliphatic carbocycles. The van der Waals surface area contributed by atoms with E-state index in [2.05, 4.69) is 12.1 Å². The molecule has 1 rings (SSSR count). The van der Waals surface area contributed by atoms with Gasteiger partial charge in [-0.05, 0) is 18.1 Å². The third kappa shape index (κ3) is 1.86. The fraction of sp³-hybridized carbons (Fsp3) is 0.273. The van der Waals surface area contributed by atoms with E-state index in [1.54, 1.807) is 6.07 Å². The average molecular weight is 170 g/mol. The van der Waals surface area contributed by atoms with Crippen molar-refractivity contribution in [1.82, 2.24) is 0 Å². The summed E-state index contributed by atoms with van der Waals surface area (Å²) in [5, 5.41) is 17.6. The van der Waals surface area contributed by atoms with Crippen molar-refractivity contribution in [2.45, 2.75) is 19.3 Å². The number of benzene rings is 1. The quantitative estimate of drug-likeness (QED) is 0.684. The first-order valence-electron chi connectivity index (χ1n) is 4.22. The van der Waals surface area contributed by atoms with Crippen molar-refractivity contribution in [2.24, 2.45) is 0 Å². The number of nitriles is 2. The standard InChI is InChI=1S/C11H10N2/c1-2-9(7-12)11-6-4-3-5-10(11)8-13/h3-6,9H,2H2,1H3. The van der Waals surface area contributed by atoms with E-state index in [-0.39, 0.29) is 5.92 Å². The number of hydrogen-bond acceptors (Lipinski definition) is 2. The lowest BCUT2D eigenvalue weighted by Gasteiger charge is -2.07. The summed E-state index contributed by atoms with van der Waals surface area (Å²) in [5.41, 5.74) is 1.45. The van der Waals surface area contributed by atoms with Gasteiger partial charge in [-0.25, -0.2) is 0 Å². The molecule has 1 unspecified atom stereocenters. The van der Waals surface area contributed by atoms with E-state index in [1.807, 2.05) is 25.1 Å². The topological polar surface area (TPSA) is 47.6 Å². The van der Waals surface area contributed by atoms with Gasteiger partial charge in [-0.1, -0.05) is 25.1 Å². The fourth-order valence-corrected chi connectivity index (χ4v) is 1.28. The van der Waals surface area contributed by atoms with Crippen LogP contribution in [0.25, 0.3) is 0 Å². The number of hydrogen-bond donors (Lipinski definition) is 0. The third-order valence-electron chi connectivity index (χ3n) is 2.02. The molecule has 2 nitrogen and oxygen atoms in total. The molecule has 0 amide bonds. The van der Waals surface area contributed by atoms with Crippen LogP contribution in [-0.2, 0) is 0 Å². The van der Waals surface area contributed by atoms with Gasteiger partial charge in [0.05, 0.1) is 23.6 Å². The predicted octanol–water partition coefficient (Wildman–Crippen LogP) is 2.58. The summed E-state index contributed by atoms with van der Waals surface area (Å²) in [7, 11) is 0. The summed E-state index contributed by atoms with van der Waals surface area (Å²) in [4.78, 5) is 0. The first-order valence-corrected chi connectivity index (χ1v) is 4.22. The van der Waals surface area contributed by atoms with E-state index >= 15 is 0 Å². The van der Waals surface area contributed by atoms with Gasteiger partial charge >= 0.3 is 0 Å². The molecule has 1 aromatic carbocycles.